The molecule has 53 heavy (non-hydrogen) atoms. The highest BCUT2D eigenvalue weighted by atomic mass is 79.9. The van der Waals surface area contributed by atoms with Crippen LogP contribution in [0.2, 0.25) is 5.02 Å². The smallest absolute Gasteiger partial charge is 0.303 e. The van der Waals surface area contributed by atoms with Crippen LogP contribution in [0.25, 0.3) is 0 Å². The first kappa shape index (κ1) is 36.6. The molecule has 0 unspecified atom stereocenters. The summed E-state index contributed by atoms with van der Waals surface area (Å²) in [5.74, 6) is -7.75. The van der Waals surface area contributed by atoms with Crippen LogP contribution in [0.3, 0.4) is 0 Å². The lowest BCUT2D eigenvalue weighted by Crippen LogP contribution is -2.53. The van der Waals surface area contributed by atoms with Gasteiger partial charge < -0.3 is 14.9 Å². The summed E-state index contributed by atoms with van der Waals surface area (Å²) in [6.07, 6.45) is 3.50. The number of amides is 4. The number of aromatic hydroxyl groups is 1. The Morgan fingerprint density at radius 2 is 1.72 bits per heavy atom. The Labute approximate surface area is 317 Å². The molecule has 7 rings (SSSR count). The maximum atomic E-state index is 15.3. The number of hydrazine groups is 1. The molecular weight excluding hydrogens is 773 g/mol. The number of methoxy groups -OCH3 is 1. The molecule has 6 atom stereocenters. The van der Waals surface area contributed by atoms with E-state index in [0.717, 1.165) is 5.01 Å². The highest BCUT2D eigenvalue weighted by Gasteiger charge is 2.70. The van der Waals surface area contributed by atoms with Crippen molar-refractivity contribution in [2.24, 2.45) is 23.7 Å². The molecule has 0 radical (unpaired) electrons. The number of nitrogens with one attached hydrogen (secondary N) is 1. The van der Waals surface area contributed by atoms with Crippen LogP contribution in [0, 0.1) is 29.5 Å². The fourth-order valence-corrected chi connectivity index (χ4v) is 9.56. The monoisotopic (exact) mass is 807 g/mol. The van der Waals surface area contributed by atoms with Crippen LogP contribution in [-0.4, -0.2) is 63.4 Å². The predicted octanol–water partition coefficient (Wildman–Crippen LogP) is 6.59. The number of aliphatic carboxylic acids is 1. The van der Waals surface area contributed by atoms with Crippen LogP contribution in [0.15, 0.2) is 76.8 Å². The second-order valence-corrected chi connectivity index (χ2v) is 15.3. The van der Waals surface area contributed by atoms with Gasteiger partial charge in [-0.15, -0.1) is 0 Å². The number of hydrogen-bond donors (Lipinski definition) is 3. The summed E-state index contributed by atoms with van der Waals surface area (Å²) in [5, 5.41) is 22.2. The lowest BCUT2D eigenvalue weighted by molar-refractivity contribution is -0.141. The van der Waals surface area contributed by atoms with Gasteiger partial charge in [-0.3, -0.25) is 34.3 Å². The number of imide groups is 2. The Bertz CT molecular complexity index is 2040. The molecule has 3 fully saturated rings. The molecule has 1 saturated carbocycles. The Balaban J connectivity index is 1.38. The van der Waals surface area contributed by atoms with Gasteiger partial charge in [-0.1, -0.05) is 57.7 Å². The molecule has 0 spiro atoms. The van der Waals surface area contributed by atoms with E-state index >= 15 is 4.79 Å². The van der Waals surface area contributed by atoms with Crippen LogP contribution in [0.1, 0.15) is 55.6 Å². The minimum Gasteiger partial charge on any atom is -0.504 e. The van der Waals surface area contributed by atoms with E-state index < -0.39 is 58.6 Å². The fourth-order valence-electron chi connectivity index (χ4n) is 8.98. The quantitative estimate of drug-likeness (QED) is 0.111. The highest BCUT2D eigenvalue weighted by Crippen LogP contribution is 2.65. The average molecular weight is 809 g/mol. The number of nitrogens with zero attached hydrogens (tertiary/aromatic N) is 2. The van der Waals surface area contributed by atoms with Crippen molar-refractivity contribution < 1.29 is 43.3 Å². The number of ether oxygens (including phenoxy) is 1. The van der Waals surface area contributed by atoms with Crippen LogP contribution < -0.4 is 10.2 Å². The number of rotatable bonds is 11. The molecule has 0 bridgehead atoms. The van der Waals surface area contributed by atoms with Crippen molar-refractivity contribution in [3.63, 3.8) is 0 Å². The minimum absolute atomic E-state index is 0.00629. The molecule has 0 aromatic heterocycles. The Morgan fingerprint density at radius 1 is 1.00 bits per heavy atom. The summed E-state index contributed by atoms with van der Waals surface area (Å²) in [6.45, 7) is 0.143. The van der Waals surface area contributed by atoms with Gasteiger partial charge in [-0.2, -0.15) is 5.01 Å². The SMILES string of the molecule is COc1cc(Br)cc([C@H]2C3=CC[C@@H]4C(=O)N(CCCCCC(=O)O)C(=O)[C@@H]4[C@@H]3C[C@H]3C(=O)N(Nc4ccc(F)cc4)C(=O)[C@@]23c2ccc(Cl)cc2)c1O. The summed E-state index contributed by atoms with van der Waals surface area (Å²) < 4.78 is 19.9. The van der Waals surface area contributed by atoms with Gasteiger partial charge in [0.05, 0.1) is 36.0 Å². The van der Waals surface area contributed by atoms with Crippen LogP contribution in [0.5, 0.6) is 11.5 Å². The van der Waals surface area contributed by atoms with Gasteiger partial charge in [-0.25, -0.2) is 4.39 Å². The third-order valence-corrected chi connectivity index (χ3v) is 11.9. The van der Waals surface area contributed by atoms with Crippen molar-refractivity contribution in [2.75, 3.05) is 19.1 Å². The number of unbranched alkanes of at least 4 members (excludes halogenated alkanes) is 2. The molecule has 3 aromatic rings. The molecular formula is C39H36BrClFN3O8. The maximum Gasteiger partial charge on any atom is 0.303 e. The highest BCUT2D eigenvalue weighted by molar-refractivity contribution is 9.10. The molecule has 4 aliphatic rings. The largest absolute Gasteiger partial charge is 0.504 e. The van der Waals surface area contributed by atoms with E-state index in [1.165, 1.54) is 36.3 Å². The molecule has 2 aliphatic carbocycles. The third-order valence-electron chi connectivity index (χ3n) is 11.2. The molecule has 2 aliphatic heterocycles. The first-order valence-electron chi connectivity index (χ1n) is 17.4. The number of likely N-dealkylation sites (tertiary alicyclic amines) is 1. The Morgan fingerprint density at radius 3 is 2.40 bits per heavy atom. The van der Waals surface area contributed by atoms with E-state index in [0.29, 0.717) is 39.9 Å². The van der Waals surface area contributed by atoms with Gasteiger partial charge in [0.1, 0.15) is 5.82 Å². The number of hydrogen-bond acceptors (Lipinski definition) is 8. The van der Waals surface area contributed by atoms with Gasteiger partial charge in [0.2, 0.25) is 11.8 Å². The van der Waals surface area contributed by atoms with Crippen LogP contribution in [-0.2, 0) is 29.4 Å². The number of fused-ring (bicyclic) bond motifs is 4. The molecule has 11 nitrogen and oxygen atoms in total. The number of carboxylic acids is 1. The number of benzene rings is 3. The van der Waals surface area contributed by atoms with E-state index in [9.17, 15) is 28.7 Å². The zero-order chi connectivity index (χ0) is 37.8. The molecule has 14 heteroatoms. The minimum atomic E-state index is -1.68. The fraction of sp³-hybridized carbons (Fsp3) is 0.359. The average Bonchev–Trinajstić information content (AvgIpc) is 3.50. The molecule has 2 heterocycles. The zero-order valence-electron chi connectivity index (χ0n) is 28.6. The van der Waals surface area contributed by atoms with Gasteiger partial charge in [-0.05, 0) is 85.7 Å². The predicted molar refractivity (Wildman–Crippen MR) is 194 cm³/mol. The molecule has 4 amide bonds. The van der Waals surface area contributed by atoms with E-state index in [2.05, 4.69) is 21.4 Å². The van der Waals surface area contributed by atoms with E-state index in [1.807, 2.05) is 6.08 Å². The number of carbonyl (C=O) groups excluding carboxylic acids is 4. The number of phenolic OH excluding ortho intramolecular Hbond substituents is 1. The molecule has 276 valence electrons. The van der Waals surface area contributed by atoms with Gasteiger partial charge in [0.25, 0.3) is 11.8 Å². The molecule has 2 saturated heterocycles. The number of allylic oxidation sites excluding steroid dienone is 2. The second kappa shape index (κ2) is 14.2. The van der Waals surface area contributed by atoms with Crippen LogP contribution >= 0.6 is 27.5 Å². The summed E-state index contributed by atoms with van der Waals surface area (Å²) in [7, 11) is 1.40. The normalized spacial score (nSPS) is 26.3. The topological polar surface area (TPSA) is 154 Å². The van der Waals surface area contributed by atoms with Gasteiger partial charge in [0.15, 0.2) is 11.5 Å². The number of phenols is 1. The lowest BCUT2D eigenvalue weighted by atomic mass is 9.49. The standard InChI is InChI=1S/C39H36BrClFN3O8/c1-53-30-18-21(40)17-28(34(30)48)33-25-14-15-26-32(37(51)44(35(26)49)16-4-2-3-5-31(46)47)27(25)19-29-36(50)45(43-24-12-10-23(42)11-13-24)38(52)39(29,33)20-6-8-22(41)9-7-20/h6-14,17-18,26-27,29,32-33,43,48H,2-5,15-16,19H2,1H3,(H,46,47)/t26-,27+,29-,32-,33+,39+/m0/s1. The van der Waals surface area contributed by atoms with Crippen molar-refractivity contribution in [3.8, 4) is 11.5 Å². The molecule has 3 aromatic carbocycles. The van der Waals surface area contributed by atoms with E-state index in [4.69, 9.17) is 21.4 Å². The first-order chi connectivity index (χ1) is 25.4. The number of anilines is 1. The number of halogens is 3. The summed E-state index contributed by atoms with van der Waals surface area (Å²) in [6, 6.07) is 15.1. The summed E-state index contributed by atoms with van der Waals surface area (Å²) in [4.78, 5) is 70.4. The lowest BCUT2D eigenvalue weighted by Gasteiger charge is -2.50. The first-order valence-corrected chi connectivity index (χ1v) is 18.6. The second-order valence-electron chi connectivity index (χ2n) is 14.0. The Kier molecular flexibility index (Phi) is 9.83. The number of carbonyl (C=O) groups is 5. The third kappa shape index (κ3) is 6.07. The van der Waals surface area contributed by atoms with Crippen molar-refractivity contribution in [1.29, 1.82) is 0 Å². The van der Waals surface area contributed by atoms with Crippen molar-refractivity contribution >= 4 is 62.8 Å². The van der Waals surface area contributed by atoms with Crippen LogP contribution in [0.4, 0.5) is 10.1 Å². The van der Waals surface area contributed by atoms with Gasteiger partial charge >= 0.3 is 5.97 Å². The van der Waals surface area contributed by atoms with E-state index in [-0.39, 0.29) is 60.4 Å². The Hall–Kier alpha value is -4.75. The van der Waals surface area contributed by atoms with Crippen molar-refractivity contribution in [2.45, 2.75) is 49.9 Å². The van der Waals surface area contributed by atoms with Crippen molar-refractivity contribution in [1.82, 2.24) is 9.91 Å². The summed E-state index contributed by atoms with van der Waals surface area (Å²) >= 11 is 9.88. The molecule has 3 N–H and O–H groups in total. The van der Waals surface area contributed by atoms with Gasteiger partial charge in [0, 0.05) is 33.9 Å². The zero-order valence-corrected chi connectivity index (χ0v) is 30.9. The van der Waals surface area contributed by atoms with Crippen molar-refractivity contribution in [3.05, 3.63) is 98.8 Å². The maximum absolute atomic E-state index is 15.3. The van der Waals surface area contributed by atoms with E-state index in [1.54, 1.807) is 36.4 Å². The number of carboxylic acid groups (broad SMARTS) is 1. The summed E-state index contributed by atoms with van der Waals surface area (Å²) in [5.41, 5.74) is 2.88.